The maximum atomic E-state index is 13.2. The van der Waals surface area contributed by atoms with Crippen molar-refractivity contribution in [2.24, 2.45) is 0 Å². The lowest BCUT2D eigenvalue weighted by molar-refractivity contribution is -0.121. The molecule has 1 aliphatic heterocycles. The predicted octanol–water partition coefficient (Wildman–Crippen LogP) is 4.10. The largest absolute Gasteiger partial charge is 0.459 e. The van der Waals surface area contributed by atoms with Crippen molar-refractivity contribution >= 4 is 17.5 Å². The van der Waals surface area contributed by atoms with Crippen LogP contribution < -0.4 is 5.32 Å². The zero-order valence-electron chi connectivity index (χ0n) is 15.9. The quantitative estimate of drug-likeness (QED) is 0.751. The van der Waals surface area contributed by atoms with Gasteiger partial charge in [0.2, 0.25) is 5.91 Å². The highest BCUT2D eigenvalue weighted by Gasteiger charge is 2.36. The van der Waals surface area contributed by atoms with E-state index in [-0.39, 0.29) is 17.6 Å². The minimum absolute atomic E-state index is 0.192. The van der Waals surface area contributed by atoms with Crippen molar-refractivity contribution in [3.05, 3.63) is 88.9 Å². The Morgan fingerprint density at radius 2 is 1.79 bits per heavy atom. The fourth-order valence-electron chi connectivity index (χ4n) is 3.62. The molecular formula is C23H22N2O3. The van der Waals surface area contributed by atoms with E-state index in [4.69, 9.17) is 4.42 Å². The van der Waals surface area contributed by atoms with Crippen LogP contribution in [0.15, 0.2) is 65.3 Å². The molecule has 0 aliphatic carbocycles. The van der Waals surface area contributed by atoms with E-state index in [2.05, 4.69) is 5.32 Å². The number of furan rings is 1. The number of hydrogen-bond acceptors (Lipinski definition) is 3. The first-order valence-corrected chi connectivity index (χ1v) is 9.33. The van der Waals surface area contributed by atoms with Gasteiger partial charge in [-0.15, -0.1) is 0 Å². The summed E-state index contributed by atoms with van der Waals surface area (Å²) in [6.45, 7) is 4.36. The molecule has 5 heteroatoms. The number of amides is 2. The van der Waals surface area contributed by atoms with Crippen LogP contribution in [0, 0.1) is 13.8 Å². The van der Waals surface area contributed by atoms with Crippen LogP contribution in [-0.4, -0.2) is 22.8 Å². The summed E-state index contributed by atoms with van der Waals surface area (Å²) in [5.41, 5.74) is 5.05. The van der Waals surface area contributed by atoms with Crippen molar-refractivity contribution in [3.63, 3.8) is 0 Å². The maximum Gasteiger partial charge on any atom is 0.290 e. The van der Waals surface area contributed by atoms with Gasteiger partial charge >= 0.3 is 0 Å². The number of rotatable bonds is 3. The lowest BCUT2D eigenvalue weighted by Crippen LogP contribution is -2.50. The molecule has 0 unspecified atom stereocenters. The van der Waals surface area contributed by atoms with E-state index in [1.165, 1.54) is 6.26 Å². The van der Waals surface area contributed by atoms with Gasteiger partial charge in [0.1, 0.15) is 6.04 Å². The van der Waals surface area contributed by atoms with Gasteiger partial charge in [-0.1, -0.05) is 36.4 Å². The summed E-state index contributed by atoms with van der Waals surface area (Å²) in [6.07, 6.45) is 1.94. The van der Waals surface area contributed by atoms with Crippen LogP contribution in [0.2, 0.25) is 0 Å². The highest BCUT2D eigenvalue weighted by Crippen LogP contribution is 2.27. The highest BCUT2D eigenvalue weighted by molar-refractivity contribution is 6.01. The molecular weight excluding hydrogens is 352 g/mol. The lowest BCUT2D eigenvalue weighted by Gasteiger charge is -2.35. The molecule has 4 rings (SSSR count). The predicted molar refractivity (Wildman–Crippen MR) is 107 cm³/mol. The lowest BCUT2D eigenvalue weighted by atomic mass is 9.93. The van der Waals surface area contributed by atoms with E-state index in [0.29, 0.717) is 13.0 Å². The number of fused-ring (bicyclic) bond motifs is 1. The van der Waals surface area contributed by atoms with E-state index in [1.54, 1.807) is 17.0 Å². The average Bonchev–Trinajstić information content (AvgIpc) is 3.24. The first-order valence-electron chi connectivity index (χ1n) is 9.33. The molecule has 1 aromatic heterocycles. The van der Waals surface area contributed by atoms with Gasteiger partial charge < -0.3 is 14.6 Å². The molecule has 2 aromatic carbocycles. The minimum atomic E-state index is -0.604. The first-order chi connectivity index (χ1) is 13.5. The molecule has 0 radical (unpaired) electrons. The van der Waals surface area contributed by atoms with Crippen molar-refractivity contribution < 1.29 is 14.0 Å². The van der Waals surface area contributed by atoms with E-state index < -0.39 is 6.04 Å². The molecule has 0 saturated carbocycles. The summed E-state index contributed by atoms with van der Waals surface area (Å²) in [7, 11) is 0. The topological polar surface area (TPSA) is 62.6 Å². The molecule has 0 spiro atoms. The van der Waals surface area contributed by atoms with Crippen molar-refractivity contribution in [1.82, 2.24) is 4.90 Å². The minimum Gasteiger partial charge on any atom is -0.459 e. The fourth-order valence-corrected chi connectivity index (χ4v) is 3.62. The summed E-state index contributed by atoms with van der Waals surface area (Å²) in [5.74, 6) is -0.229. The van der Waals surface area contributed by atoms with Crippen molar-refractivity contribution in [1.29, 1.82) is 0 Å². The molecule has 2 heterocycles. The maximum absolute atomic E-state index is 13.2. The third-order valence-corrected chi connectivity index (χ3v) is 5.41. The molecule has 28 heavy (non-hydrogen) atoms. The Morgan fingerprint density at radius 1 is 1.00 bits per heavy atom. The summed E-state index contributed by atoms with van der Waals surface area (Å²) < 4.78 is 5.29. The highest BCUT2D eigenvalue weighted by atomic mass is 16.3. The van der Waals surface area contributed by atoms with Crippen LogP contribution in [0.4, 0.5) is 5.69 Å². The van der Waals surface area contributed by atoms with Crippen LogP contribution in [-0.2, 0) is 17.8 Å². The molecule has 0 bridgehead atoms. The van der Waals surface area contributed by atoms with Crippen LogP contribution >= 0.6 is 0 Å². The Kier molecular flexibility index (Phi) is 4.74. The van der Waals surface area contributed by atoms with Gasteiger partial charge in [0.25, 0.3) is 5.91 Å². The van der Waals surface area contributed by atoms with Gasteiger partial charge in [-0.2, -0.15) is 0 Å². The molecule has 0 fully saturated rings. The van der Waals surface area contributed by atoms with Crippen molar-refractivity contribution in [2.45, 2.75) is 32.9 Å². The summed E-state index contributed by atoms with van der Waals surface area (Å²) in [5, 5.41) is 3.02. The summed E-state index contributed by atoms with van der Waals surface area (Å²) >= 11 is 0. The number of benzene rings is 2. The number of carbonyl (C=O) groups is 2. The second-order valence-corrected chi connectivity index (χ2v) is 7.14. The second-order valence-electron chi connectivity index (χ2n) is 7.14. The van der Waals surface area contributed by atoms with Crippen LogP contribution in [0.25, 0.3) is 0 Å². The zero-order valence-corrected chi connectivity index (χ0v) is 15.9. The van der Waals surface area contributed by atoms with Gasteiger partial charge in [-0.25, -0.2) is 0 Å². The first kappa shape index (κ1) is 18.0. The Morgan fingerprint density at radius 3 is 2.54 bits per heavy atom. The summed E-state index contributed by atoms with van der Waals surface area (Å²) in [4.78, 5) is 27.8. The van der Waals surface area contributed by atoms with Gasteiger partial charge in [-0.05, 0) is 54.3 Å². The number of anilines is 1. The number of nitrogens with zero attached hydrogens (tertiary/aromatic N) is 1. The molecule has 1 N–H and O–H groups in total. The number of carbonyl (C=O) groups excluding carboxylic acids is 2. The Hall–Kier alpha value is -3.34. The van der Waals surface area contributed by atoms with E-state index in [0.717, 1.165) is 27.9 Å². The monoisotopic (exact) mass is 374 g/mol. The van der Waals surface area contributed by atoms with E-state index >= 15 is 0 Å². The molecule has 142 valence electrons. The summed E-state index contributed by atoms with van der Waals surface area (Å²) in [6, 6.07) is 16.4. The molecule has 0 saturated heterocycles. The number of aryl methyl sites for hydroxylation is 1. The number of nitrogens with one attached hydrogen (secondary N) is 1. The zero-order chi connectivity index (χ0) is 19.7. The molecule has 2 amide bonds. The Labute approximate surface area is 164 Å². The fraction of sp³-hybridized carbons (Fsp3) is 0.217. The Balaban J connectivity index is 1.66. The second kappa shape index (κ2) is 7.35. The third-order valence-electron chi connectivity index (χ3n) is 5.41. The van der Waals surface area contributed by atoms with E-state index in [1.807, 2.05) is 56.3 Å². The van der Waals surface area contributed by atoms with E-state index in [9.17, 15) is 9.59 Å². The van der Waals surface area contributed by atoms with Crippen LogP contribution in [0.5, 0.6) is 0 Å². The molecule has 3 aromatic rings. The van der Waals surface area contributed by atoms with Crippen LogP contribution in [0.3, 0.4) is 0 Å². The van der Waals surface area contributed by atoms with Crippen molar-refractivity contribution in [2.75, 3.05) is 5.32 Å². The molecule has 1 atom stereocenters. The van der Waals surface area contributed by atoms with Crippen molar-refractivity contribution in [3.8, 4) is 0 Å². The van der Waals surface area contributed by atoms with Gasteiger partial charge in [0.05, 0.1) is 6.26 Å². The average molecular weight is 374 g/mol. The SMILES string of the molecule is Cc1cccc(NC(=O)[C@H]2Cc3ccccc3CN2C(=O)c2ccco2)c1C. The Bertz CT molecular complexity index is 1020. The number of hydrogen-bond donors (Lipinski definition) is 1. The third kappa shape index (κ3) is 3.31. The smallest absolute Gasteiger partial charge is 0.290 e. The van der Waals surface area contributed by atoms with Crippen LogP contribution in [0.1, 0.15) is 32.8 Å². The molecule has 1 aliphatic rings. The van der Waals surface area contributed by atoms with Gasteiger partial charge in [-0.3, -0.25) is 9.59 Å². The normalized spacial score (nSPS) is 15.8. The van der Waals surface area contributed by atoms with Gasteiger partial charge in [0, 0.05) is 18.7 Å². The standard InChI is InChI=1S/C23H22N2O3/c1-15-7-5-10-19(16(15)2)24-22(26)20-13-17-8-3-4-9-18(17)14-25(20)23(27)21-11-6-12-28-21/h3-12,20H,13-14H2,1-2H3,(H,24,26)/t20-/m1/s1. The molecule has 5 nitrogen and oxygen atoms in total. The van der Waals surface area contributed by atoms with Gasteiger partial charge in [0.15, 0.2) is 5.76 Å².